The van der Waals surface area contributed by atoms with Crippen molar-refractivity contribution in [3.63, 3.8) is 0 Å². The molecule has 0 radical (unpaired) electrons. The number of piperazine rings is 1. The first-order valence-corrected chi connectivity index (χ1v) is 11.3. The molecule has 0 N–H and O–H groups in total. The molecule has 1 saturated heterocycles. The van der Waals surface area contributed by atoms with Crippen LogP contribution in [0.25, 0.3) is 0 Å². The lowest BCUT2D eigenvalue weighted by atomic mass is 9.86. The van der Waals surface area contributed by atoms with Gasteiger partial charge in [0.2, 0.25) is 15.9 Å². The molecule has 3 fully saturated rings. The number of nitrogens with zero attached hydrogens (tertiary/aromatic N) is 2. The predicted octanol–water partition coefficient (Wildman–Crippen LogP) is 3.00. The fourth-order valence-electron chi connectivity index (χ4n) is 4.91. The highest BCUT2D eigenvalue weighted by atomic mass is 35.5. The van der Waals surface area contributed by atoms with Gasteiger partial charge in [0.25, 0.3) is 0 Å². The van der Waals surface area contributed by atoms with Crippen LogP contribution in [0.1, 0.15) is 32.1 Å². The van der Waals surface area contributed by atoms with Crippen LogP contribution in [-0.4, -0.2) is 49.7 Å². The van der Waals surface area contributed by atoms with Crippen LogP contribution in [0.4, 0.5) is 0 Å². The van der Waals surface area contributed by atoms with E-state index < -0.39 is 10.0 Å². The van der Waals surface area contributed by atoms with E-state index in [4.69, 9.17) is 11.6 Å². The molecular weight excluding hydrogens is 372 g/mol. The molecule has 1 amide bonds. The minimum Gasteiger partial charge on any atom is -0.340 e. The maximum Gasteiger partial charge on any atom is 0.243 e. The first-order valence-electron chi connectivity index (χ1n) is 9.47. The topological polar surface area (TPSA) is 57.7 Å². The number of amides is 1. The summed E-state index contributed by atoms with van der Waals surface area (Å²) < 4.78 is 26.9. The Bertz CT molecular complexity index is 772. The third-order valence-electron chi connectivity index (χ3n) is 6.36. The second-order valence-corrected chi connectivity index (χ2v) is 10.3. The number of rotatable bonds is 4. The van der Waals surface area contributed by atoms with Crippen LogP contribution in [0.3, 0.4) is 0 Å². The average molecular weight is 397 g/mol. The van der Waals surface area contributed by atoms with Gasteiger partial charge in [-0.2, -0.15) is 4.31 Å². The minimum absolute atomic E-state index is 0.200. The van der Waals surface area contributed by atoms with Crippen LogP contribution in [0.2, 0.25) is 5.02 Å². The van der Waals surface area contributed by atoms with Crippen molar-refractivity contribution < 1.29 is 13.2 Å². The van der Waals surface area contributed by atoms with E-state index in [2.05, 4.69) is 0 Å². The lowest BCUT2D eigenvalue weighted by molar-refractivity contribution is -0.133. The van der Waals surface area contributed by atoms with Gasteiger partial charge in [-0.15, -0.1) is 0 Å². The van der Waals surface area contributed by atoms with E-state index in [-0.39, 0.29) is 10.8 Å². The van der Waals surface area contributed by atoms with Gasteiger partial charge in [0.1, 0.15) is 0 Å². The van der Waals surface area contributed by atoms with Gasteiger partial charge < -0.3 is 4.90 Å². The second kappa shape index (κ2) is 7.13. The summed E-state index contributed by atoms with van der Waals surface area (Å²) >= 11 is 5.84. The lowest BCUT2D eigenvalue weighted by Crippen LogP contribution is -2.50. The highest BCUT2D eigenvalue weighted by molar-refractivity contribution is 7.89. The zero-order chi connectivity index (χ0) is 18.3. The van der Waals surface area contributed by atoms with Gasteiger partial charge in [0.05, 0.1) is 4.90 Å². The summed E-state index contributed by atoms with van der Waals surface area (Å²) in [5.74, 6) is 2.35. The van der Waals surface area contributed by atoms with Gasteiger partial charge in [-0.25, -0.2) is 8.42 Å². The van der Waals surface area contributed by atoms with Gasteiger partial charge in [0, 0.05) is 37.6 Å². The number of carbonyl (C=O) groups is 1. The minimum atomic E-state index is -3.52. The monoisotopic (exact) mass is 396 g/mol. The SMILES string of the molecule is O=C(C[C@@H]1C[C@@H]2CC[C@@H]1C2)N1CCN(S(=O)(=O)c2ccc(Cl)cc2)CC1. The summed E-state index contributed by atoms with van der Waals surface area (Å²) in [6.07, 6.45) is 5.80. The summed E-state index contributed by atoms with van der Waals surface area (Å²) in [5.41, 5.74) is 0. The molecule has 142 valence electrons. The summed E-state index contributed by atoms with van der Waals surface area (Å²) in [7, 11) is -3.52. The van der Waals surface area contributed by atoms with Crippen LogP contribution in [0.15, 0.2) is 29.2 Å². The van der Waals surface area contributed by atoms with Crippen molar-refractivity contribution in [3.8, 4) is 0 Å². The maximum atomic E-state index is 12.7. The number of carbonyl (C=O) groups excluding carboxylic acids is 1. The Labute approximate surface area is 160 Å². The molecule has 1 aromatic carbocycles. The fraction of sp³-hybridized carbons (Fsp3) is 0.632. The van der Waals surface area contributed by atoms with E-state index in [0.717, 1.165) is 11.8 Å². The number of hydrogen-bond donors (Lipinski definition) is 0. The number of sulfonamides is 1. The molecule has 3 atom stereocenters. The van der Waals surface area contributed by atoms with Gasteiger partial charge in [-0.1, -0.05) is 18.0 Å². The van der Waals surface area contributed by atoms with E-state index in [1.165, 1.54) is 42.1 Å². The van der Waals surface area contributed by atoms with Gasteiger partial charge in [-0.05, 0) is 61.3 Å². The van der Waals surface area contributed by atoms with Crippen LogP contribution in [0, 0.1) is 17.8 Å². The van der Waals surface area contributed by atoms with Crippen molar-refractivity contribution in [3.05, 3.63) is 29.3 Å². The molecule has 1 aromatic rings. The molecule has 4 rings (SSSR count). The van der Waals surface area contributed by atoms with Crippen molar-refractivity contribution in [2.24, 2.45) is 17.8 Å². The predicted molar refractivity (Wildman–Crippen MR) is 100 cm³/mol. The number of hydrogen-bond acceptors (Lipinski definition) is 3. The average Bonchev–Trinajstić information content (AvgIpc) is 3.25. The summed E-state index contributed by atoms with van der Waals surface area (Å²) in [4.78, 5) is 14.7. The molecule has 1 aliphatic heterocycles. The molecule has 26 heavy (non-hydrogen) atoms. The number of benzene rings is 1. The van der Waals surface area contributed by atoms with Crippen LogP contribution < -0.4 is 0 Å². The van der Waals surface area contributed by atoms with E-state index in [1.54, 1.807) is 12.1 Å². The molecule has 7 heteroatoms. The third-order valence-corrected chi connectivity index (χ3v) is 8.53. The molecule has 2 aliphatic carbocycles. The molecule has 2 bridgehead atoms. The van der Waals surface area contributed by atoms with Crippen molar-refractivity contribution in [1.82, 2.24) is 9.21 Å². The maximum absolute atomic E-state index is 12.7. The molecule has 2 saturated carbocycles. The zero-order valence-electron chi connectivity index (χ0n) is 14.8. The fourth-order valence-corrected chi connectivity index (χ4v) is 6.46. The normalized spacial score (nSPS) is 29.3. The van der Waals surface area contributed by atoms with E-state index in [9.17, 15) is 13.2 Å². The van der Waals surface area contributed by atoms with Gasteiger partial charge in [-0.3, -0.25) is 4.79 Å². The van der Waals surface area contributed by atoms with E-state index in [0.29, 0.717) is 43.5 Å². The number of fused-ring (bicyclic) bond motifs is 2. The van der Waals surface area contributed by atoms with Crippen LogP contribution in [0.5, 0.6) is 0 Å². The Kier molecular flexibility index (Phi) is 5.01. The molecule has 0 unspecified atom stereocenters. The third kappa shape index (κ3) is 3.51. The second-order valence-electron chi connectivity index (χ2n) is 7.88. The van der Waals surface area contributed by atoms with Crippen molar-refractivity contribution in [2.75, 3.05) is 26.2 Å². The Morgan fingerprint density at radius 1 is 1.04 bits per heavy atom. The zero-order valence-corrected chi connectivity index (χ0v) is 16.4. The Morgan fingerprint density at radius 2 is 1.73 bits per heavy atom. The summed E-state index contributed by atoms with van der Waals surface area (Å²) in [6, 6.07) is 6.24. The summed E-state index contributed by atoms with van der Waals surface area (Å²) in [6.45, 7) is 1.67. The van der Waals surface area contributed by atoms with E-state index >= 15 is 0 Å². The number of halogens is 1. The van der Waals surface area contributed by atoms with Crippen molar-refractivity contribution in [1.29, 1.82) is 0 Å². The largest absolute Gasteiger partial charge is 0.340 e. The van der Waals surface area contributed by atoms with Crippen molar-refractivity contribution >= 4 is 27.5 Å². The quantitative estimate of drug-likeness (QED) is 0.786. The molecule has 0 spiro atoms. The molecular formula is C19H25ClN2O3S. The molecule has 0 aromatic heterocycles. The van der Waals surface area contributed by atoms with Crippen LogP contribution >= 0.6 is 11.6 Å². The molecule has 5 nitrogen and oxygen atoms in total. The highest BCUT2D eigenvalue weighted by Gasteiger charge is 2.41. The Hall–Kier alpha value is -1.11. The molecule has 1 heterocycles. The Balaban J connectivity index is 1.33. The molecule has 3 aliphatic rings. The standard InChI is InChI=1S/C19H25ClN2O3S/c20-17-3-5-18(6-4-17)26(24,25)22-9-7-21(8-10-22)19(23)13-16-12-14-1-2-15(16)11-14/h3-6,14-16H,1-2,7-13H2/t14-,15-,16+/m1/s1. The van der Waals surface area contributed by atoms with E-state index in [1.807, 2.05) is 4.90 Å². The van der Waals surface area contributed by atoms with Crippen molar-refractivity contribution in [2.45, 2.75) is 37.0 Å². The van der Waals surface area contributed by atoms with Gasteiger partial charge in [0.15, 0.2) is 0 Å². The van der Waals surface area contributed by atoms with Crippen LogP contribution in [-0.2, 0) is 14.8 Å². The Morgan fingerprint density at radius 3 is 2.31 bits per heavy atom. The highest BCUT2D eigenvalue weighted by Crippen LogP contribution is 2.49. The smallest absolute Gasteiger partial charge is 0.243 e. The first kappa shape index (κ1) is 18.3. The first-order chi connectivity index (χ1) is 12.4. The van der Waals surface area contributed by atoms with Gasteiger partial charge >= 0.3 is 0 Å². The summed E-state index contributed by atoms with van der Waals surface area (Å²) in [5, 5.41) is 0.514. The lowest BCUT2D eigenvalue weighted by Gasteiger charge is -2.35.